The predicted molar refractivity (Wildman–Crippen MR) is 99.5 cm³/mol. The van der Waals surface area contributed by atoms with E-state index in [1.165, 1.54) is 28.6 Å². The first-order valence-electron chi connectivity index (χ1n) is 7.28. The molecule has 1 N–H and O–H groups in total. The summed E-state index contributed by atoms with van der Waals surface area (Å²) in [6.45, 7) is 0.419. The average molecular weight is 421 g/mol. The molecular formula is C15H14Cl2N2O4S2. The summed E-state index contributed by atoms with van der Waals surface area (Å²) in [4.78, 5) is -0.204. The van der Waals surface area contributed by atoms with Gasteiger partial charge in [0.25, 0.3) is 10.0 Å². The van der Waals surface area contributed by atoms with Gasteiger partial charge in [-0.25, -0.2) is 16.8 Å². The smallest absolute Gasteiger partial charge is 0.264 e. The zero-order valence-electron chi connectivity index (χ0n) is 12.8. The highest BCUT2D eigenvalue weighted by Crippen LogP contribution is 2.31. The maximum absolute atomic E-state index is 12.5. The van der Waals surface area contributed by atoms with Crippen LogP contribution in [0, 0.1) is 0 Å². The summed E-state index contributed by atoms with van der Waals surface area (Å²) in [5.41, 5.74) is 0.771. The number of benzene rings is 2. The summed E-state index contributed by atoms with van der Waals surface area (Å²) in [6, 6.07) is 10.5. The number of anilines is 2. The van der Waals surface area contributed by atoms with Crippen molar-refractivity contribution < 1.29 is 16.8 Å². The largest absolute Gasteiger partial charge is 0.280 e. The molecule has 0 atom stereocenters. The van der Waals surface area contributed by atoms with E-state index >= 15 is 0 Å². The highest BCUT2D eigenvalue weighted by atomic mass is 35.5. The molecule has 0 radical (unpaired) electrons. The summed E-state index contributed by atoms with van der Waals surface area (Å²) in [6.07, 6.45) is 0.571. The maximum Gasteiger partial charge on any atom is 0.264 e. The second kappa shape index (κ2) is 6.68. The van der Waals surface area contributed by atoms with Crippen molar-refractivity contribution in [3.63, 3.8) is 0 Å². The first-order valence-corrected chi connectivity index (χ1v) is 11.1. The van der Waals surface area contributed by atoms with Crippen molar-refractivity contribution >= 4 is 54.6 Å². The molecule has 0 unspecified atom stereocenters. The zero-order chi connectivity index (χ0) is 18.2. The molecule has 1 aliphatic heterocycles. The van der Waals surface area contributed by atoms with Gasteiger partial charge in [0.15, 0.2) is 0 Å². The second-order valence-electron chi connectivity index (χ2n) is 5.44. The lowest BCUT2D eigenvalue weighted by atomic mass is 10.3. The molecule has 1 saturated heterocycles. The zero-order valence-corrected chi connectivity index (χ0v) is 16.0. The molecule has 0 amide bonds. The molecular weight excluding hydrogens is 407 g/mol. The molecule has 2 aromatic carbocycles. The van der Waals surface area contributed by atoms with Crippen molar-refractivity contribution in [2.75, 3.05) is 21.3 Å². The van der Waals surface area contributed by atoms with Gasteiger partial charge in [-0.1, -0.05) is 29.3 Å². The van der Waals surface area contributed by atoms with Crippen LogP contribution in [0.2, 0.25) is 10.0 Å². The van der Waals surface area contributed by atoms with Gasteiger partial charge in [0, 0.05) is 12.2 Å². The van der Waals surface area contributed by atoms with Crippen LogP contribution in [0.5, 0.6) is 0 Å². The van der Waals surface area contributed by atoms with Gasteiger partial charge in [-0.2, -0.15) is 0 Å². The molecule has 1 heterocycles. The molecule has 25 heavy (non-hydrogen) atoms. The molecule has 1 aliphatic rings. The van der Waals surface area contributed by atoms with Crippen molar-refractivity contribution in [1.82, 2.24) is 0 Å². The minimum absolute atomic E-state index is 0.0137. The lowest BCUT2D eigenvalue weighted by molar-refractivity contribution is 0.598. The van der Waals surface area contributed by atoms with Gasteiger partial charge in [0.1, 0.15) is 4.90 Å². The highest BCUT2D eigenvalue weighted by molar-refractivity contribution is 7.93. The normalized spacial score (nSPS) is 16.8. The van der Waals surface area contributed by atoms with Gasteiger partial charge in [-0.05, 0) is 42.8 Å². The Kier molecular flexibility index (Phi) is 4.89. The van der Waals surface area contributed by atoms with Gasteiger partial charge in [-0.15, -0.1) is 0 Å². The molecule has 2 aromatic rings. The summed E-state index contributed by atoms with van der Waals surface area (Å²) in [7, 11) is -7.26. The van der Waals surface area contributed by atoms with Crippen molar-refractivity contribution in [1.29, 1.82) is 0 Å². The fourth-order valence-electron chi connectivity index (χ4n) is 2.57. The minimum atomic E-state index is -3.98. The molecule has 0 aromatic heterocycles. The molecule has 0 bridgehead atoms. The molecule has 0 saturated carbocycles. The average Bonchev–Trinajstić information content (AvgIpc) is 2.86. The van der Waals surface area contributed by atoms with Crippen LogP contribution >= 0.6 is 23.2 Å². The number of halogens is 2. The van der Waals surface area contributed by atoms with Crippen LogP contribution in [0.15, 0.2) is 47.4 Å². The lowest BCUT2D eigenvalue weighted by Gasteiger charge is -2.17. The van der Waals surface area contributed by atoms with E-state index in [0.29, 0.717) is 18.7 Å². The van der Waals surface area contributed by atoms with Crippen LogP contribution in [-0.2, 0) is 20.0 Å². The number of hydrogen-bond donors (Lipinski definition) is 1. The first kappa shape index (κ1) is 18.3. The Hall–Kier alpha value is -1.48. The number of sulfonamides is 2. The second-order valence-corrected chi connectivity index (χ2v) is 9.89. The number of nitrogens with zero attached hydrogens (tertiary/aromatic N) is 1. The lowest BCUT2D eigenvalue weighted by Crippen LogP contribution is -2.25. The van der Waals surface area contributed by atoms with E-state index in [1.807, 2.05) is 0 Å². The molecule has 1 fully saturated rings. The Balaban J connectivity index is 1.87. The van der Waals surface area contributed by atoms with E-state index in [4.69, 9.17) is 23.2 Å². The summed E-state index contributed by atoms with van der Waals surface area (Å²) >= 11 is 11.9. The molecule has 10 heteroatoms. The van der Waals surface area contributed by atoms with Gasteiger partial charge < -0.3 is 0 Å². The van der Waals surface area contributed by atoms with E-state index in [0.717, 1.165) is 0 Å². The van der Waals surface area contributed by atoms with Crippen LogP contribution < -0.4 is 9.03 Å². The third-order valence-electron chi connectivity index (χ3n) is 3.69. The van der Waals surface area contributed by atoms with Gasteiger partial charge in [0.05, 0.1) is 21.5 Å². The van der Waals surface area contributed by atoms with Gasteiger partial charge in [0.2, 0.25) is 10.0 Å². The van der Waals surface area contributed by atoms with Crippen LogP contribution in [-0.4, -0.2) is 29.1 Å². The topological polar surface area (TPSA) is 83.6 Å². The highest BCUT2D eigenvalue weighted by Gasteiger charge is 2.28. The fraction of sp³-hybridized carbons (Fsp3) is 0.200. The third-order valence-corrected chi connectivity index (χ3v) is 7.90. The number of hydrogen-bond acceptors (Lipinski definition) is 4. The van der Waals surface area contributed by atoms with Crippen molar-refractivity contribution in [2.24, 2.45) is 0 Å². The summed E-state index contributed by atoms with van der Waals surface area (Å²) < 4.78 is 52.6. The van der Waals surface area contributed by atoms with E-state index in [-0.39, 0.29) is 26.4 Å². The Morgan fingerprint density at radius 1 is 1.00 bits per heavy atom. The van der Waals surface area contributed by atoms with Gasteiger partial charge in [-0.3, -0.25) is 9.03 Å². The van der Waals surface area contributed by atoms with E-state index in [9.17, 15) is 16.8 Å². The first-order chi connectivity index (χ1) is 11.7. The quantitative estimate of drug-likeness (QED) is 0.821. The Bertz CT molecular complexity index is 986. The van der Waals surface area contributed by atoms with Crippen molar-refractivity contribution in [3.8, 4) is 0 Å². The Labute approximate surface area is 156 Å². The molecule has 0 aliphatic carbocycles. The van der Waals surface area contributed by atoms with Crippen LogP contribution in [0.4, 0.5) is 11.4 Å². The van der Waals surface area contributed by atoms with Crippen LogP contribution in [0.1, 0.15) is 6.42 Å². The van der Waals surface area contributed by atoms with Crippen LogP contribution in [0.3, 0.4) is 0 Å². The number of rotatable bonds is 4. The molecule has 3 rings (SSSR count). The van der Waals surface area contributed by atoms with Crippen molar-refractivity contribution in [2.45, 2.75) is 11.3 Å². The SMILES string of the molecule is O=S(=O)(Nc1ccc(N2CCCS2(=O)=O)cc1)c1c(Cl)cccc1Cl. The Morgan fingerprint density at radius 2 is 1.60 bits per heavy atom. The summed E-state index contributed by atoms with van der Waals surface area (Å²) in [5.74, 6) is 0.117. The van der Waals surface area contributed by atoms with E-state index in [2.05, 4.69) is 4.72 Å². The van der Waals surface area contributed by atoms with Crippen LogP contribution in [0.25, 0.3) is 0 Å². The molecule has 0 spiro atoms. The maximum atomic E-state index is 12.5. The van der Waals surface area contributed by atoms with E-state index < -0.39 is 20.0 Å². The van der Waals surface area contributed by atoms with Gasteiger partial charge >= 0.3 is 0 Å². The fourth-order valence-corrected chi connectivity index (χ4v) is 6.34. The van der Waals surface area contributed by atoms with E-state index in [1.54, 1.807) is 18.2 Å². The predicted octanol–water partition coefficient (Wildman–Crippen LogP) is 3.33. The molecule has 6 nitrogen and oxygen atoms in total. The standard InChI is InChI=1S/C15H14Cl2N2O4S2/c16-13-3-1-4-14(17)15(13)25(22,23)18-11-5-7-12(8-6-11)19-9-2-10-24(19,20)21/h1,3-8,18H,2,9-10H2. The monoisotopic (exact) mass is 420 g/mol. The van der Waals surface area contributed by atoms with Crippen molar-refractivity contribution in [3.05, 3.63) is 52.5 Å². The molecule has 134 valence electrons. The minimum Gasteiger partial charge on any atom is -0.280 e. The third kappa shape index (κ3) is 3.72. The summed E-state index contributed by atoms with van der Waals surface area (Å²) in [5, 5.41) is 0.0274. The Morgan fingerprint density at radius 3 is 2.12 bits per heavy atom. The number of nitrogens with one attached hydrogen (secondary N) is 1.